The number of nitrogens with zero attached hydrogens (tertiary/aromatic N) is 3. The molecule has 5 atom stereocenters. The molecule has 0 radical (unpaired) electrons. The van der Waals surface area contributed by atoms with Gasteiger partial charge in [-0.25, -0.2) is 14.2 Å². The highest BCUT2D eigenvalue weighted by Crippen LogP contribution is 2.28. The monoisotopic (exact) mass is 340 g/mol. The first-order valence-corrected chi connectivity index (χ1v) is 8.03. The van der Waals surface area contributed by atoms with Gasteiger partial charge in [-0.2, -0.15) is 4.98 Å². The fraction of sp³-hybridized carbons (Fsp3) is 0.667. The summed E-state index contributed by atoms with van der Waals surface area (Å²) in [5, 5.41) is 22.9. The van der Waals surface area contributed by atoms with Crippen molar-refractivity contribution in [1.82, 2.24) is 14.9 Å². The zero-order valence-electron chi connectivity index (χ0n) is 13.3. The highest BCUT2D eigenvalue weighted by Gasteiger charge is 2.42. The van der Waals surface area contributed by atoms with Crippen molar-refractivity contribution < 1.29 is 19.3 Å². The summed E-state index contributed by atoms with van der Waals surface area (Å²) in [6, 6.07) is 0.321. The molecular weight excluding hydrogens is 319 g/mol. The Morgan fingerprint density at radius 1 is 1.54 bits per heavy atom. The van der Waals surface area contributed by atoms with Crippen LogP contribution >= 0.6 is 0 Å². The maximum atomic E-state index is 14.2. The van der Waals surface area contributed by atoms with E-state index in [0.29, 0.717) is 12.5 Å². The molecule has 3 heterocycles. The predicted molar refractivity (Wildman–Crippen MR) is 83.8 cm³/mol. The van der Waals surface area contributed by atoms with E-state index in [9.17, 15) is 19.4 Å². The van der Waals surface area contributed by atoms with Crippen LogP contribution in [0.2, 0.25) is 0 Å². The minimum Gasteiger partial charge on any atom is -0.388 e. The second kappa shape index (κ2) is 7.06. The zero-order valence-corrected chi connectivity index (χ0v) is 13.3. The number of hydrogen-bond donors (Lipinski definition) is 3. The molecule has 3 N–H and O–H groups in total. The van der Waals surface area contributed by atoms with E-state index < -0.39 is 36.0 Å². The summed E-state index contributed by atoms with van der Waals surface area (Å²) in [5.74, 6) is -1.09. The molecule has 0 amide bonds. The summed E-state index contributed by atoms with van der Waals surface area (Å²) < 4.78 is 20.3. The van der Waals surface area contributed by atoms with E-state index in [1.54, 1.807) is 13.1 Å². The van der Waals surface area contributed by atoms with E-state index >= 15 is 0 Å². The van der Waals surface area contributed by atoms with Crippen molar-refractivity contribution in [3.05, 3.63) is 22.5 Å². The minimum atomic E-state index is -1.33. The highest BCUT2D eigenvalue weighted by molar-refractivity contribution is 5.62. The molecule has 0 aromatic carbocycles. The van der Waals surface area contributed by atoms with Crippen LogP contribution in [-0.2, 0) is 4.74 Å². The number of halogens is 1. The summed E-state index contributed by atoms with van der Waals surface area (Å²) in [7, 11) is 0. The number of aliphatic hydroxyl groups excluding tert-OH is 2. The Labute approximate surface area is 138 Å². The Kier molecular flexibility index (Phi) is 5.04. The minimum absolute atomic E-state index is 0.296. The van der Waals surface area contributed by atoms with Crippen molar-refractivity contribution in [3.8, 4) is 0 Å². The molecule has 9 heteroatoms. The van der Waals surface area contributed by atoms with Crippen molar-refractivity contribution >= 4 is 12.0 Å². The van der Waals surface area contributed by atoms with Gasteiger partial charge in [0.15, 0.2) is 17.9 Å². The fourth-order valence-electron chi connectivity index (χ4n) is 2.99. The van der Waals surface area contributed by atoms with Gasteiger partial charge >= 0.3 is 5.69 Å². The summed E-state index contributed by atoms with van der Waals surface area (Å²) in [5.41, 5.74) is -0.798. The number of rotatable bonds is 4. The van der Waals surface area contributed by atoms with Crippen LogP contribution in [-0.4, -0.2) is 56.9 Å². The van der Waals surface area contributed by atoms with Crippen LogP contribution in [0.25, 0.3) is 0 Å². The van der Waals surface area contributed by atoms with E-state index in [0.717, 1.165) is 30.2 Å². The third kappa shape index (κ3) is 3.39. The molecule has 3 rings (SSSR count). The standard InChI is InChI=1S/C15H21FN4O4/c1-8-11(21)12(22)14(24-8)20-7-10(16)13(19-15(20)23)18-6-4-9-3-2-5-17-9/h6-9,11-12,14,17,21-22H,2-5H2,1H3/t8-,9?,11-,12-,14-/m1/s1. The van der Waals surface area contributed by atoms with Crippen molar-refractivity contribution in [2.45, 2.75) is 56.8 Å². The topological polar surface area (TPSA) is 109 Å². The molecule has 1 aromatic rings. The first-order valence-electron chi connectivity index (χ1n) is 8.03. The molecule has 0 saturated carbocycles. The van der Waals surface area contributed by atoms with Crippen LogP contribution in [0.1, 0.15) is 32.4 Å². The van der Waals surface area contributed by atoms with Crippen LogP contribution in [0.4, 0.5) is 10.2 Å². The molecule has 24 heavy (non-hydrogen) atoms. The highest BCUT2D eigenvalue weighted by atomic mass is 19.1. The van der Waals surface area contributed by atoms with Crippen LogP contribution < -0.4 is 11.0 Å². The molecule has 2 saturated heterocycles. The van der Waals surface area contributed by atoms with Gasteiger partial charge < -0.3 is 20.3 Å². The molecular formula is C15H21FN4O4. The molecule has 2 fully saturated rings. The molecule has 0 bridgehead atoms. The number of ether oxygens (including phenoxy) is 1. The molecule has 2 aliphatic heterocycles. The SMILES string of the molecule is C[C@H]1O[C@@H](n2cc(F)c(N=CCC3CCCN3)nc2=O)[C@H](O)[C@@H]1O. The molecule has 0 spiro atoms. The van der Waals surface area contributed by atoms with Gasteiger partial charge in [0, 0.05) is 12.3 Å². The van der Waals surface area contributed by atoms with E-state index in [1.165, 1.54) is 0 Å². The quantitative estimate of drug-likeness (QED) is 0.659. The number of aromatic nitrogens is 2. The van der Waals surface area contributed by atoms with Crippen molar-refractivity contribution in [2.24, 2.45) is 4.99 Å². The number of hydrogen-bond acceptors (Lipinski definition) is 7. The number of nitrogens with one attached hydrogen (secondary N) is 1. The smallest absolute Gasteiger partial charge is 0.352 e. The molecule has 1 aromatic heterocycles. The lowest BCUT2D eigenvalue weighted by molar-refractivity contribution is -0.0355. The Hall–Kier alpha value is -1.68. The third-order valence-corrected chi connectivity index (χ3v) is 4.41. The number of aliphatic imine (C=N–C) groups is 1. The van der Waals surface area contributed by atoms with Gasteiger partial charge in [-0.15, -0.1) is 0 Å². The van der Waals surface area contributed by atoms with Crippen LogP contribution in [0.3, 0.4) is 0 Å². The molecule has 8 nitrogen and oxygen atoms in total. The second-order valence-electron chi connectivity index (χ2n) is 6.16. The second-order valence-corrected chi connectivity index (χ2v) is 6.16. The van der Waals surface area contributed by atoms with E-state index in [4.69, 9.17) is 4.74 Å². The van der Waals surface area contributed by atoms with Crippen LogP contribution in [0, 0.1) is 5.82 Å². The van der Waals surface area contributed by atoms with Crippen molar-refractivity contribution in [1.29, 1.82) is 0 Å². The van der Waals surface area contributed by atoms with Crippen LogP contribution in [0.15, 0.2) is 16.0 Å². The predicted octanol–water partition coefficient (Wildman–Crippen LogP) is -0.134. The average molecular weight is 340 g/mol. The largest absolute Gasteiger partial charge is 0.388 e. The van der Waals surface area contributed by atoms with Gasteiger partial charge in [-0.3, -0.25) is 4.57 Å². The molecule has 2 aliphatic rings. The fourth-order valence-corrected chi connectivity index (χ4v) is 2.99. The normalized spacial score (nSPS) is 33.6. The Balaban J connectivity index is 1.76. The van der Waals surface area contributed by atoms with Gasteiger partial charge in [0.05, 0.1) is 12.3 Å². The summed E-state index contributed by atoms with van der Waals surface area (Å²) in [4.78, 5) is 19.6. The maximum Gasteiger partial charge on any atom is 0.352 e. The molecule has 0 aliphatic carbocycles. The zero-order chi connectivity index (χ0) is 17.3. The Morgan fingerprint density at radius 2 is 2.33 bits per heavy atom. The summed E-state index contributed by atoms with van der Waals surface area (Å²) in [6.07, 6.45) is 0.901. The first kappa shape index (κ1) is 17.2. The van der Waals surface area contributed by atoms with E-state index in [2.05, 4.69) is 15.3 Å². The van der Waals surface area contributed by atoms with Gasteiger partial charge in [-0.05, 0) is 32.7 Å². The Bertz CT molecular complexity index is 674. The van der Waals surface area contributed by atoms with Gasteiger partial charge in [0.2, 0.25) is 0 Å². The van der Waals surface area contributed by atoms with Gasteiger partial charge in [0.25, 0.3) is 0 Å². The summed E-state index contributed by atoms with van der Waals surface area (Å²) in [6.45, 7) is 2.52. The Morgan fingerprint density at radius 3 is 2.96 bits per heavy atom. The number of aliphatic hydroxyl groups is 2. The van der Waals surface area contributed by atoms with E-state index in [-0.39, 0.29) is 5.82 Å². The van der Waals surface area contributed by atoms with Crippen molar-refractivity contribution in [2.75, 3.05) is 6.54 Å². The third-order valence-electron chi connectivity index (χ3n) is 4.41. The maximum absolute atomic E-state index is 14.2. The molecule has 1 unspecified atom stereocenters. The lowest BCUT2D eigenvalue weighted by Gasteiger charge is -2.17. The summed E-state index contributed by atoms with van der Waals surface area (Å²) >= 11 is 0. The first-order chi connectivity index (χ1) is 11.5. The average Bonchev–Trinajstić information content (AvgIpc) is 3.15. The lowest BCUT2D eigenvalue weighted by Crippen LogP contribution is -2.35. The van der Waals surface area contributed by atoms with Crippen LogP contribution in [0.5, 0.6) is 0 Å². The molecule has 132 valence electrons. The van der Waals surface area contributed by atoms with Gasteiger partial charge in [0.1, 0.15) is 12.2 Å². The van der Waals surface area contributed by atoms with E-state index in [1.807, 2.05) is 0 Å². The van der Waals surface area contributed by atoms with Crippen molar-refractivity contribution in [3.63, 3.8) is 0 Å². The lowest BCUT2D eigenvalue weighted by atomic mass is 10.1. The van der Waals surface area contributed by atoms with Gasteiger partial charge in [-0.1, -0.05) is 0 Å².